The molecule has 0 aliphatic heterocycles. The van der Waals surface area contributed by atoms with Crippen molar-refractivity contribution in [1.29, 1.82) is 0 Å². The molecule has 0 radical (unpaired) electrons. The Kier molecular flexibility index (Phi) is 3.89. The fourth-order valence-electron chi connectivity index (χ4n) is 1.75. The smallest absolute Gasteiger partial charge is 0.0853 e. The lowest BCUT2D eigenvalue weighted by Gasteiger charge is -2.30. The van der Waals surface area contributed by atoms with E-state index in [-0.39, 0.29) is 5.41 Å². The van der Waals surface area contributed by atoms with Crippen LogP contribution in [0.1, 0.15) is 31.1 Å². The summed E-state index contributed by atoms with van der Waals surface area (Å²) < 4.78 is 0. The molecule has 15 heavy (non-hydrogen) atoms. The molecule has 0 aliphatic carbocycles. The van der Waals surface area contributed by atoms with Gasteiger partial charge in [-0.1, -0.05) is 43.7 Å². The van der Waals surface area contributed by atoms with Crippen molar-refractivity contribution in [2.75, 3.05) is 13.6 Å². The quantitative estimate of drug-likeness (QED) is 0.794. The van der Waals surface area contributed by atoms with E-state index in [1.807, 2.05) is 31.3 Å². The lowest BCUT2D eigenvalue weighted by molar-refractivity contribution is 0.0506. The summed E-state index contributed by atoms with van der Waals surface area (Å²) in [6, 6.07) is 8.07. The molecule has 0 heterocycles. The average Bonchev–Trinajstić information content (AvgIpc) is 2.18. The first kappa shape index (κ1) is 12.2. The Hall–Kier alpha value is -0.860. The van der Waals surface area contributed by atoms with Crippen molar-refractivity contribution in [3.63, 3.8) is 0 Å². The largest absolute Gasteiger partial charge is 0.388 e. The zero-order chi connectivity index (χ0) is 11.5. The summed E-state index contributed by atoms with van der Waals surface area (Å²) in [6.07, 6.45) is -0.425. The summed E-state index contributed by atoms with van der Waals surface area (Å²) in [5.74, 6) is 0. The van der Waals surface area contributed by atoms with E-state index in [4.69, 9.17) is 0 Å². The summed E-state index contributed by atoms with van der Waals surface area (Å²) >= 11 is 0. The molecule has 0 spiro atoms. The standard InChI is InChI=1S/C13H21NO/c1-10-5-7-11(8-6-10)12(15)13(2,3)9-14-4/h5-8,12,14-15H,9H2,1-4H3. The highest BCUT2D eigenvalue weighted by Crippen LogP contribution is 2.32. The van der Waals surface area contributed by atoms with E-state index in [9.17, 15) is 5.11 Å². The van der Waals surface area contributed by atoms with Gasteiger partial charge in [0.25, 0.3) is 0 Å². The van der Waals surface area contributed by atoms with Crippen LogP contribution in [0.3, 0.4) is 0 Å². The second-order valence-corrected chi connectivity index (χ2v) is 4.83. The Balaban J connectivity index is 2.84. The van der Waals surface area contributed by atoms with Gasteiger partial charge in [0, 0.05) is 12.0 Å². The Morgan fingerprint density at radius 3 is 2.27 bits per heavy atom. The van der Waals surface area contributed by atoms with E-state index in [1.54, 1.807) is 0 Å². The maximum Gasteiger partial charge on any atom is 0.0853 e. The highest BCUT2D eigenvalue weighted by atomic mass is 16.3. The Labute approximate surface area is 92.3 Å². The number of aliphatic hydroxyl groups excluding tert-OH is 1. The maximum absolute atomic E-state index is 10.2. The molecule has 0 aromatic heterocycles. The minimum Gasteiger partial charge on any atom is -0.388 e. The van der Waals surface area contributed by atoms with Crippen molar-refractivity contribution in [3.8, 4) is 0 Å². The fraction of sp³-hybridized carbons (Fsp3) is 0.538. The van der Waals surface area contributed by atoms with Crippen LogP contribution in [-0.4, -0.2) is 18.7 Å². The van der Waals surface area contributed by atoms with Gasteiger partial charge in [0.05, 0.1) is 6.10 Å². The van der Waals surface area contributed by atoms with Gasteiger partial charge >= 0.3 is 0 Å². The van der Waals surface area contributed by atoms with Crippen LogP contribution in [0.25, 0.3) is 0 Å². The second kappa shape index (κ2) is 4.77. The van der Waals surface area contributed by atoms with Crippen molar-refractivity contribution < 1.29 is 5.11 Å². The summed E-state index contributed by atoms with van der Waals surface area (Å²) in [6.45, 7) is 6.97. The molecule has 0 bridgehead atoms. The third-order valence-electron chi connectivity index (χ3n) is 2.77. The van der Waals surface area contributed by atoms with E-state index < -0.39 is 6.10 Å². The van der Waals surface area contributed by atoms with E-state index >= 15 is 0 Å². The Bertz CT molecular complexity index is 303. The van der Waals surface area contributed by atoms with E-state index in [0.29, 0.717) is 0 Å². The lowest BCUT2D eigenvalue weighted by atomic mass is 9.82. The number of hydrogen-bond donors (Lipinski definition) is 2. The Morgan fingerprint density at radius 1 is 1.27 bits per heavy atom. The highest BCUT2D eigenvalue weighted by molar-refractivity contribution is 5.24. The number of nitrogens with one attached hydrogen (secondary N) is 1. The molecule has 0 amide bonds. The van der Waals surface area contributed by atoms with Gasteiger partial charge in [0.2, 0.25) is 0 Å². The van der Waals surface area contributed by atoms with Crippen molar-refractivity contribution in [3.05, 3.63) is 35.4 Å². The number of rotatable bonds is 4. The third kappa shape index (κ3) is 3.05. The first-order chi connectivity index (χ1) is 6.97. The fourth-order valence-corrected chi connectivity index (χ4v) is 1.75. The molecule has 1 atom stereocenters. The summed E-state index contributed by atoms with van der Waals surface area (Å²) in [4.78, 5) is 0. The number of aliphatic hydroxyl groups is 1. The minimum absolute atomic E-state index is 0.149. The van der Waals surface area contributed by atoms with Crippen LogP contribution in [-0.2, 0) is 0 Å². The maximum atomic E-state index is 10.2. The summed E-state index contributed by atoms with van der Waals surface area (Å²) in [7, 11) is 1.91. The molecule has 84 valence electrons. The lowest BCUT2D eigenvalue weighted by Crippen LogP contribution is -2.32. The normalized spacial score (nSPS) is 13.9. The zero-order valence-corrected chi connectivity index (χ0v) is 10.0. The van der Waals surface area contributed by atoms with Crippen LogP contribution in [0.15, 0.2) is 24.3 Å². The monoisotopic (exact) mass is 207 g/mol. The molecule has 2 N–H and O–H groups in total. The highest BCUT2D eigenvalue weighted by Gasteiger charge is 2.28. The third-order valence-corrected chi connectivity index (χ3v) is 2.77. The van der Waals surface area contributed by atoms with Gasteiger partial charge in [0.1, 0.15) is 0 Å². The topological polar surface area (TPSA) is 32.3 Å². The molecular weight excluding hydrogens is 186 g/mol. The van der Waals surface area contributed by atoms with Crippen LogP contribution < -0.4 is 5.32 Å². The number of aryl methyl sites for hydroxylation is 1. The van der Waals surface area contributed by atoms with Gasteiger partial charge in [-0.05, 0) is 19.5 Å². The molecule has 2 nitrogen and oxygen atoms in total. The van der Waals surface area contributed by atoms with Crippen molar-refractivity contribution >= 4 is 0 Å². The van der Waals surface area contributed by atoms with Crippen LogP contribution in [0.4, 0.5) is 0 Å². The summed E-state index contributed by atoms with van der Waals surface area (Å²) in [5, 5.41) is 13.3. The molecular formula is C13H21NO. The molecule has 0 saturated heterocycles. The SMILES string of the molecule is CNCC(C)(C)C(O)c1ccc(C)cc1. The second-order valence-electron chi connectivity index (χ2n) is 4.83. The first-order valence-electron chi connectivity index (χ1n) is 5.36. The molecule has 0 aliphatic rings. The van der Waals surface area contributed by atoms with Gasteiger partial charge < -0.3 is 10.4 Å². The van der Waals surface area contributed by atoms with Gasteiger partial charge in [-0.3, -0.25) is 0 Å². The van der Waals surface area contributed by atoms with Crippen LogP contribution in [0.2, 0.25) is 0 Å². The van der Waals surface area contributed by atoms with Crippen molar-refractivity contribution in [2.45, 2.75) is 26.9 Å². The Morgan fingerprint density at radius 2 is 1.80 bits per heavy atom. The molecule has 1 rings (SSSR count). The molecule has 1 aromatic carbocycles. The van der Waals surface area contributed by atoms with Crippen molar-refractivity contribution in [1.82, 2.24) is 5.32 Å². The van der Waals surface area contributed by atoms with E-state index in [2.05, 4.69) is 26.1 Å². The zero-order valence-electron chi connectivity index (χ0n) is 10.0. The van der Waals surface area contributed by atoms with Crippen LogP contribution >= 0.6 is 0 Å². The molecule has 1 aromatic rings. The summed E-state index contributed by atoms with van der Waals surface area (Å²) in [5.41, 5.74) is 2.06. The predicted octanol–water partition coefficient (Wildman–Crippen LogP) is 2.27. The number of benzene rings is 1. The van der Waals surface area contributed by atoms with Gasteiger partial charge in [-0.25, -0.2) is 0 Å². The molecule has 0 fully saturated rings. The van der Waals surface area contributed by atoms with Crippen LogP contribution in [0, 0.1) is 12.3 Å². The van der Waals surface area contributed by atoms with E-state index in [1.165, 1.54) is 5.56 Å². The molecule has 2 heteroatoms. The average molecular weight is 207 g/mol. The predicted molar refractivity (Wildman–Crippen MR) is 63.8 cm³/mol. The van der Waals surface area contributed by atoms with Crippen LogP contribution in [0.5, 0.6) is 0 Å². The first-order valence-corrected chi connectivity index (χ1v) is 5.36. The van der Waals surface area contributed by atoms with Crippen molar-refractivity contribution in [2.24, 2.45) is 5.41 Å². The molecule has 1 unspecified atom stereocenters. The van der Waals surface area contributed by atoms with E-state index in [0.717, 1.165) is 12.1 Å². The van der Waals surface area contributed by atoms with Gasteiger partial charge in [-0.15, -0.1) is 0 Å². The van der Waals surface area contributed by atoms with Gasteiger partial charge in [0.15, 0.2) is 0 Å². The number of hydrogen-bond acceptors (Lipinski definition) is 2. The minimum atomic E-state index is -0.425. The van der Waals surface area contributed by atoms with Gasteiger partial charge in [-0.2, -0.15) is 0 Å². The molecule has 0 saturated carbocycles.